The van der Waals surface area contributed by atoms with Crippen LogP contribution >= 0.6 is 11.8 Å². The number of carbonyl (C=O) groups is 1. The summed E-state index contributed by atoms with van der Waals surface area (Å²) >= 11 is 1.46. The van der Waals surface area contributed by atoms with Crippen molar-refractivity contribution < 1.29 is 17.9 Å². The molecule has 0 radical (unpaired) electrons. The number of nitrogens with zero attached hydrogens (tertiary/aromatic N) is 1. The highest BCUT2D eigenvalue weighted by atomic mass is 32.2. The summed E-state index contributed by atoms with van der Waals surface area (Å²) < 4.78 is 31.0. The lowest BCUT2D eigenvalue weighted by atomic mass is 10.2. The highest BCUT2D eigenvalue weighted by molar-refractivity contribution is 7.98. The van der Waals surface area contributed by atoms with Crippen molar-refractivity contribution in [2.24, 2.45) is 0 Å². The Labute approximate surface area is 152 Å². The van der Waals surface area contributed by atoms with Crippen molar-refractivity contribution in [1.29, 1.82) is 0 Å². The van der Waals surface area contributed by atoms with Gasteiger partial charge in [0.15, 0.2) is 0 Å². The van der Waals surface area contributed by atoms with E-state index >= 15 is 0 Å². The normalized spacial score (nSPS) is 11.4. The van der Waals surface area contributed by atoms with E-state index in [1.54, 1.807) is 12.1 Å². The number of benzene rings is 2. The van der Waals surface area contributed by atoms with E-state index in [0.29, 0.717) is 17.0 Å². The first-order valence-corrected chi connectivity index (χ1v) is 10.0. The van der Waals surface area contributed by atoms with Crippen molar-refractivity contribution in [2.45, 2.75) is 9.79 Å². The molecular formula is C17H20N2O4S2. The van der Waals surface area contributed by atoms with E-state index in [1.807, 2.05) is 18.4 Å². The van der Waals surface area contributed by atoms with Crippen LogP contribution in [-0.2, 0) is 10.0 Å². The molecule has 0 aliphatic carbocycles. The molecule has 0 aliphatic heterocycles. The maximum atomic E-state index is 12.6. The van der Waals surface area contributed by atoms with Crippen LogP contribution in [0.2, 0.25) is 0 Å². The number of amides is 1. The molecule has 1 N–H and O–H groups in total. The Bertz CT molecular complexity index is 880. The van der Waals surface area contributed by atoms with Crippen molar-refractivity contribution in [3.05, 3.63) is 48.0 Å². The first kappa shape index (κ1) is 19.3. The molecule has 0 bridgehead atoms. The largest absolute Gasteiger partial charge is 0.495 e. The predicted molar refractivity (Wildman–Crippen MR) is 100 cm³/mol. The van der Waals surface area contributed by atoms with Gasteiger partial charge in [-0.2, -0.15) is 0 Å². The van der Waals surface area contributed by atoms with Gasteiger partial charge in [0.2, 0.25) is 10.0 Å². The Morgan fingerprint density at radius 2 is 1.84 bits per heavy atom. The lowest BCUT2D eigenvalue weighted by Gasteiger charge is -2.15. The molecule has 0 aliphatic rings. The minimum atomic E-state index is -3.62. The fourth-order valence-electron chi connectivity index (χ4n) is 2.18. The smallest absolute Gasteiger partial charge is 0.256 e. The van der Waals surface area contributed by atoms with Crippen LogP contribution < -0.4 is 10.1 Å². The van der Waals surface area contributed by atoms with Crippen LogP contribution in [0.3, 0.4) is 0 Å². The van der Waals surface area contributed by atoms with Crippen molar-refractivity contribution in [2.75, 3.05) is 32.8 Å². The summed E-state index contributed by atoms with van der Waals surface area (Å²) in [6.45, 7) is 0. The Hall–Kier alpha value is -2.03. The molecule has 0 heterocycles. The van der Waals surface area contributed by atoms with Gasteiger partial charge in [-0.05, 0) is 36.6 Å². The highest BCUT2D eigenvalue weighted by Gasteiger charge is 2.20. The van der Waals surface area contributed by atoms with Gasteiger partial charge < -0.3 is 10.1 Å². The zero-order valence-corrected chi connectivity index (χ0v) is 16.1. The van der Waals surface area contributed by atoms with Gasteiger partial charge >= 0.3 is 0 Å². The van der Waals surface area contributed by atoms with Crippen LogP contribution in [0.25, 0.3) is 0 Å². The molecule has 2 rings (SSSR count). The predicted octanol–water partition coefficient (Wildman–Crippen LogP) is 2.92. The number of rotatable bonds is 6. The lowest BCUT2D eigenvalue weighted by molar-refractivity contribution is 0.102. The maximum absolute atomic E-state index is 12.6. The molecule has 6 nitrogen and oxygen atoms in total. The molecule has 1 amide bonds. The van der Waals surface area contributed by atoms with Gasteiger partial charge in [0.25, 0.3) is 5.91 Å². The molecule has 25 heavy (non-hydrogen) atoms. The topological polar surface area (TPSA) is 75.7 Å². The van der Waals surface area contributed by atoms with Crippen LogP contribution in [-0.4, -0.2) is 46.1 Å². The first-order chi connectivity index (χ1) is 11.8. The van der Waals surface area contributed by atoms with Gasteiger partial charge in [-0.25, -0.2) is 12.7 Å². The number of hydrogen-bond donors (Lipinski definition) is 1. The number of carbonyl (C=O) groups excluding carboxylic acids is 1. The molecule has 0 fully saturated rings. The third-order valence-corrected chi connectivity index (χ3v) is 6.16. The highest BCUT2D eigenvalue weighted by Crippen LogP contribution is 2.30. The molecule has 0 atom stereocenters. The minimum absolute atomic E-state index is 0.0757. The molecule has 0 spiro atoms. The summed E-state index contributed by atoms with van der Waals surface area (Å²) in [5, 5.41) is 2.74. The Morgan fingerprint density at radius 3 is 2.44 bits per heavy atom. The van der Waals surface area contributed by atoms with E-state index in [-0.39, 0.29) is 10.8 Å². The molecule has 2 aromatic carbocycles. The molecule has 2 aromatic rings. The van der Waals surface area contributed by atoms with Crippen molar-refractivity contribution in [1.82, 2.24) is 4.31 Å². The summed E-state index contributed by atoms with van der Waals surface area (Å²) in [5.41, 5.74) is 0.809. The van der Waals surface area contributed by atoms with E-state index in [4.69, 9.17) is 4.74 Å². The molecule has 134 valence electrons. The van der Waals surface area contributed by atoms with Crippen molar-refractivity contribution in [3.8, 4) is 5.75 Å². The quantitative estimate of drug-likeness (QED) is 0.780. The van der Waals surface area contributed by atoms with Crippen LogP contribution in [0.15, 0.2) is 52.3 Å². The number of anilines is 1. The average molecular weight is 380 g/mol. The van der Waals surface area contributed by atoms with Crippen LogP contribution in [0.4, 0.5) is 5.69 Å². The molecule has 8 heteroatoms. The molecule has 0 saturated heterocycles. The number of ether oxygens (including phenoxy) is 1. The fourth-order valence-corrected chi connectivity index (χ4v) is 3.70. The van der Waals surface area contributed by atoms with E-state index in [1.165, 1.54) is 51.2 Å². The van der Waals surface area contributed by atoms with Crippen LogP contribution in [0, 0.1) is 0 Å². The van der Waals surface area contributed by atoms with Gasteiger partial charge in [-0.1, -0.05) is 12.1 Å². The molecule has 0 saturated carbocycles. The number of sulfonamides is 1. The average Bonchev–Trinajstić information content (AvgIpc) is 2.61. The fraction of sp³-hybridized carbons (Fsp3) is 0.235. The third-order valence-electron chi connectivity index (χ3n) is 3.55. The Kier molecular flexibility index (Phi) is 6.10. The number of thioether (sulfide) groups is 1. The van der Waals surface area contributed by atoms with Gasteiger partial charge in [0.05, 0.1) is 23.3 Å². The third kappa shape index (κ3) is 4.15. The van der Waals surface area contributed by atoms with Gasteiger partial charge in [0.1, 0.15) is 5.75 Å². The summed E-state index contributed by atoms with van der Waals surface area (Å²) in [5.74, 6) is 0.0512. The lowest BCUT2D eigenvalue weighted by Crippen LogP contribution is -2.22. The SMILES string of the molecule is COc1ccc(S(=O)(=O)N(C)C)cc1NC(=O)c1ccccc1SC. The molecule has 0 aromatic heterocycles. The van der Waals surface area contributed by atoms with Crippen LogP contribution in [0.1, 0.15) is 10.4 Å². The zero-order chi connectivity index (χ0) is 18.6. The number of nitrogens with one attached hydrogen (secondary N) is 1. The van der Waals surface area contributed by atoms with E-state index in [9.17, 15) is 13.2 Å². The standard InChI is InChI=1S/C17H20N2O4S2/c1-19(2)25(21,22)12-9-10-15(23-3)14(11-12)18-17(20)13-7-5-6-8-16(13)24-4/h5-11H,1-4H3,(H,18,20). The van der Waals surface area contributed by atoms with Crippen LogP contribution in [0.5, 0.6) is 5.75 Å². The minimum Gasteiger partial charge on any atom is -0.495 e. The summed E-state index contributed by atoms with van der Waals surface area (Å²) in [4.78, 5) is 13.5. The zero-order valence-electron chi connectivity index (χ0n) is 14.4. The van der Waals surface area contributed by atoms with E-state index < -0.39 is 10.0 Å². The second-order valence-electron chi connectivity index (χ2n) is 5.30. The maximum Gasteiger partial charge on any atom is 0.256 e. The number of hydrogen-bond acceptors (Lipinski definition) is 5. The molecule has 0 unspecified atom stereocenters. The van der Waals surface area contributed by atoms with Gasteiger partial charge in [-0.15, -0.1) is 11.8 Å². The summed E-state index contributed by atoms with van der Waals surface area (Å²) in [6, 6.07) is 11.6. The van der Waals surface area contributed by atoms with Crippen molar-refractivity contribution >= 4 is 33.4 Å². The first-order valence-electron chi connectivity index (χ1n) is 7.36. The van der Waals surface area contributed by atoms with E-state index in [2.05, 4.69) is 5.32 Å². The second kappa shape index (κ2) is 7.90. The Morgan fingerprint density at radius 1 is 1.16 bits per heavy atom. The Balaban J connectivity index is 2.43. The molecular weight excluding hydrogens is 360 g/mol. The van der Waals surface area contributed by atoms with Crippen molar-refractivity contribution in [3.63, 3.8) is 0 Å². The van der Waals surface area contributed by atoms with E-state index in [0.717, 1.165) is 9.20 Å². The van der Waals surface area contributed by atoms with Gasteiger partial charge in [0, 0.05) is 19.0 Å². The second-order valence-corrected chi connectivity index (χ2v) is 8.30. The monoisotopic (exact) mass is 380 g/mol. The number of methoxy groups -OCH3 is 1. The summed E-state index contributed by atoms with van der Waals surface area (Å²) in [7, 11) is 0.746. The van der Waals surface area contributed by atoms with Gasteiger partial charge in [-0.3, -0.25) is 4.79 Å². The summed E-state index contributed by atoms with van der Waals surface area (Å²) in [6.07, 6.45) is 1.89.